The standard InChI is InChI=1S/C50H36ClNSSi/c1-33-12-23-41(24-13-33)54(42-25-14-34(2)15-26-42)49-29-22-40(32-46(49)44-27-18-37(51)30-50(44)54)52(38-19-16-36(17-20-38)35-8-4-3-5-9-35)39-21-28-48-45(31-39)43-10-6-7-11-47(43)53-48/h3-32H,1-2H3. The summed E-state index contributed by atoms with van der Waals surface area (Å²) in [6.45, 7) is 4.33. The summed E-state index contributed by atoms with van der Waals surface area (Å²) in [5, 5.41) is 8.84. The normalized spacial score (nSPS) is 12.9. The zero-order chi connectivity index (χ0) is 36.4. The molecule has 0 unspecified atom stereocenters. The van der Waals surface area contributed by atoms with Crippen LogP contribution in [0.3, 0.4) is 0 Å². The van der Waals surface area contributed by atoms with E-state index in [2.05, 4.69) is 201 Å². The second-order valence-electron chi connectivity index (χ2n) is 14.4. The SMILES string of the molecule is Cc1ccc([Si]2(c3ccc(C)cc3)c3ccc(N(c4ccc(-c5ccccc5)cc4)c4ccc5sc6ccccc6c5c4)cc3-c3ccc(Cl)cc32)cc1. The van der Waals surface area contributed by atoms with Crippen LogP contribution in [-0.4, -0.2) is 8.07 Å². The van der Waals surface area contributed by atoms with E-state index in [1.165, 1.54) is 74.3 Å². The molecule has 0 N–H and O–H groups in total. The van der Waals surface area contributed by atoms with Crippen LogP contribution < -0.4 is 25.6 Å². The molecule has 1 aliphatic heterocycles. The largest absolute Gasteiger partial charge is 0.310 e. The molecule has 0 saturated carbocycles. The van der Waals surface area contributed by atoms with Gasteiger partial charge in [0.25, 0.3) is 0 Å². The molecule has 8 aromatic carbocycles. The maximum atomic E-state index is 6.91. The average Bonchev–Trinajstić information content (AvgIpc) is 3.72. The van der Waals surface area contributed by atoms with Crippen LogP contribution in [0.2, 0.25) is 5.02 Å². The van der Waals surface area contributed by atoms with E-state index >= 15 is 0 Å². The highest BCUT2D eigenvalue weighted by atomic mass is 35.5. The van der Waals surface area contributed by atoms with E-state index in [0.717, 1.165) is 22.1 Å². The van der Waals surface area contributed by atoms with Crippen molar-refractivity contribution in [1.29, 1.82) is 0 Å². The number of fused-ring (bicyclic) bond motifs is 6. The zero-order valence-corrected chi connectivity index (χ0v) is 32.6. The fourth-order valence-electron chi connectivity index (χ4n) is 8.56. The first-order chi connectivity index (χ1) is 26.5. The molecule has 0 radical (unpaired) electrons. The summed E-state index contributed by atoms with van der Waals surface area (Å²) < 4.78 is 2.61. The Morgan fingerprint density at radius 2 is 1.04 bits per heavy atom. The molecule has 9 aromatic rings. The molecule has 1 nitrogen and oxygen atoms in total. The minimum absolute atomic E-state index is 0.773. The number of benzene rings is 8. The maximum absolute atomic E-state index is 6.91. The third-order valence-corrected chi connectivity index (χ3v) is 17.4. The Balaban J connectivity index is 1.21. The van der Waals surface area contributed by atoms with Gasteiger partial charge in [0.15, 0.2) is 8.07 Å². The molecule has 2 heterocycles. The van der Waals surface area contributed by atoms with E-state index in [-0.39, 0.29) is 0 Å². The molecule has 0 bridgehead atoms. The highest BCUT2D eigenvalue weighted by molar-refractivity contribution is 7.25. The van der Waals surface area contributed by atoms with Gasteiger partial charge in [-0.2, -0.15) is 0 Å². The van der Waals surface area contributed by atoms with Gasteiger partial charge in [-0.1, -0.05) is 144 Å². The molecule has 1 aliphatic rings. The molecule has 0 atom stereocenters. The van der Waals surface area contributed by atoms with Gasteiger partial charge < -0.3 is 4.90 Å². The Bertz CT molecular complexity index is 2800. The van der Waals surface area contributed by atoms with Crippen molar-refractivity contribution in [2.75, 3.05) is 4.90 Å². The van der Waals surface area contributed by atoms with Crippen molar-refractivity contribution in [2.24, 2.45) is 0 Å². The molecule has 0 aliphatic carbocycles. The number of hydrogen-bond acceptors (Lipinski definition) is 2. The Kier molecular flexibility index (Phi) is 7.92. The average molecular weight is 746 g/mol. The molecule has 1 aromatic heterocycles. The topological polar surface area (TPSA) is 3.24 Å². The van der Waals surface area contributed by atoms with Gasteiger partial charge in [-0.25, -0.2) is 0 Å². The summed E-state index contributed by atoms with van der Waals surface area (Å²) in [4.78, 5) is 2.43. The fourth-order valence-corrected chi connectivity index (χ4v) is 15.0. The van der Waals surface area contributed by atoms with Crippen LogP contribution in [0.15, 0.2) is 182 Å². The van der Waals surface area contributed by atoms with Gasteiger partial charge in [-0.15, -0.1) is 11.3 Å². The summed E-state index contributed by atoms with van der Waals surface area (Å²) in [5.74, 6) is 0. The summed E-state index contributed by atoms with van der Waals surface area (Å²) in [7, 11) is -2.72. The first-order valence-electron chi connectivity index (χ1n) is 18.4. The molecule has 0 spiro atoms. The highest BCUT2D eigenvalue weighted by Gasteiger charge is 2.49. The van der Waals surface area contributed by atoms with E-state index < -0.39 is 8.07 Å². The Morgan fingerprint density at radius 1 is 0.444 bits per heavy atom. The molecular formula is C50H36ClNSSi. The van der Waals surface area contributed by atoms with Crippen LogP contribution in [0.25, 0.3) is 42.4 Å². The lowest BCUT2D eigenvalue weighted by atomic mass is 10.0. The van der Waals surface area contributed by atoms with Gasteiger partial charge in [0.2, 0.25) is 0 Å². The number of hydrogen-bond donors (Lipinski definition) is 0. The predicted octanol–water partition coefficient (Wildman–Crippen LogP) is 11.8. The second kappa shape index (κ2) is 13.0. The van der Waals surface area contributed by atoms with Crippen molar-refractivity contribution >= 4 is 89.0 Å². The predicted molar refractivity (Wildman–Crippen MR) is 237 cm³/mol. The lowest BCUT2D eigenvalue weighted by molar-refractivity contribution is 1.29. The quantitative estimate of drug-likeness (QED) is 0.153. The van der Waals surface area contributed by atoms with Gasteiger partial charge in [0.05, 0.1) is 0 Å². The first kappa shape index (κ1) is 32.9. The van der Waals surface area contributed by atoms with Crippen molar-refractivity contribution in [3.63, 3.8) is 0 Å². The smallest absolute Gasteiger partial charge is 0.180 e. The van der Waals surface area contributed by atoms with Crippen LogP contribution in [0, 0.1) is 13.8 Å². The first-order valence-corrected chi connectivity index (χ1v) is 21.6. The molecule has 0 saturated heterocycles. The fraction of sp³-hybridized carbons (Fsp3) is 0.0400. The molecule has 258 valence electrons. The third kappa shape index (κ3) is 5.26. The van der Waals surface area contributed by atoms with Gasteiger partial charge in [0, 0.05) is 42.3 Å². The number of nitrogens with zero attached hydrogens (tertiary/aromatic N) is 1. The van der Waals surface area contributed by atoms with Crippen molar-refractivity contribution < 1.29 is 0 Å². The minimum Gasteiger partial charge on any atom is -0.310 e. The van der Waals surface area contributed by atoms with Crippen LogP contribution in [-0.2, 0) is 0 Å². The monoisotopic (exact) mass is 745 g/mol. The van der Waals surface area contributed by atoms with E-state index in [0.29, 0.717) is 0 Å². The molecular weight excluding hydrogens is 710 g/mol. The van der Waals surface area contributed by atoms with E-state index in [1.54, 1.807) is 0 Å². The number of anilines is 3. The number of halogens is 1. The Hall–Kier alpha value is -5.71. The lowest BCUT2D eigenvalue weighted by Crippen LogP contribution is -2.72. The molecule has 10 rings (SSSR count). The number of aryl methyl sites for hydroxylation is 2. The second-order valence-corrected chi connectivity index (χ2v) is 19.7. The maximum Gasteiger partial charge on any atom is 0.180 e. The van der Waals surface area contributed by atoms with E-state index in [9.17, 15) is 0 Å². The minimum atomic E-state index is -2.72. The summed E-state index contributed by atoms with van der Waals surface area (Å²) in [5.41, 5.74) is 10.8. The summed E-state index contributed by atoms with van der Waals surface area (Å²) in [6, 6.07) is 67.5. The summed E-state index contributed by atoms with van der Waals surface area (Å²) in [6.07, 6.45) is 0. The van der Waals surface area contributed by atoms with Crippen molar-refractivity contribution in [3.05, 3.63) is 198 Å². The van der Waals surface area contributed by atoms with Crippen molar-refractivity contribution in [3.8, 4) is 22.3 Å². The lowest BCUT2D eigenvalue weighted by Gasteiger charge is -2.32. The molecule has 54 heavy (non-hydrogen) atoms. The highest BCUT2D eigenvalue weighted by Crippen LogP contribution is 2.42. The number of thiophene rings is 1. The van der Waals surface area contributed by atoms with Gasteiger partial charge >= 0.3 is 0 Å². The zero-order valence-electron chi connectivity index (χ0n) is 30.1. The van der Waals surface area contributed by atoms with E-state index in [1.807, 2.05) is 11.3 Å². The van der Waals surface area contributed by atoms with E-state index in [4.69, 9.17) is 11.6 Å². The van der Waals surface area contributed by atoms with Gasteiger partial charge in [0.1, 0.15) is 0 Å². The third-order valence-electron chi connectivity index (χ3n) is 11.2. The molecule has 4 heteroatoms. The van der Waals surface area contributed by atoms with Crippen LogP contribution >= 0.6 is 22.9 Å². The Morgan fingerprint density at radius 3 is 1.76 bits per heavy atom. The van der Waals surface area contributed by atoms with Crippen molar-refractivity contribution in [1.82, 2.24) is 0 Å². The van der Waals surface area contributed by atoms with Crippen molar-refractivity contribution in [2.45, 2.75) is 13.8 Å². The van der Waals surface area contributed by atoms with Crippen LogP contribution in [0.5, 0.6) is 0 Å². The Labute approximate surface area is 326 Å². The molecule has 0 fully saturated rings. The molecule has 0 amide bonds. The van der Waals surface area contributed by atoms with Crippen LogP contribution in [0.4, 0.5) is 17.1 Å². The number of rotatable bonds is 6. The van der Waals surface area contributed by atoms with Gasteiger partial charge in [-0.3, -0.25) is 0 Å². The summed E-state index contributed by atoms with van der Waals surface area (Å²) >= 11 is 8.77. The van der Waals surface area contributed by atoms with Gasteiger partial charge in [-0.05, 0) is 118 Å². The van der Waals surface area contributed by atoms with Crippen LogP contribution in [0.1, 0.15) is 11.1 Å².